The third-order valence-corrected chi connectivity index (χ3v) is 3.96. The summed E-state index contributed by atoms with van der Waals surface area (Å²) >= 11 is 0. The summed E-state index contributed by atoms with van der Waals surface area (Å²) in [5, 5.41) is 11.7. The highest BCUT2D eigenvalue weighted by molar-refractivity contribution is 5.80. The first kappa shape index (κ1) is 19.1. The number of carboxylic acids is 1. The maximum atomic E-state index is 11.8. The Labute approximate surface area is 148 Å². The van der Waals surface area contributed by atoms with Crippen LogP contribution in [0.1, 0.15) is 52.2 Å². The molecule has 0 saturated carbocycles. The van der Waals surface area contributed by atoms with Gasteiger partial charge in [0.1, 0.15) is 17.4 Å². The zero-order valence-corrected chi connectivity index (χ0v) is 15.2. The van der Waals surface area contributed by atoms with Crippen LogP contribution in [0.25, 0.3) is 0 Å². The van der Waals surface area contributed by atoms with Crippen molar-refractivity contribution in [2.75, 3.05) is 18.0 Å². The van der Waals surface area contributed by atoms with Gasteiger partial charge in [0.05, 0.1) is 0 Å². The summed E-state index contributed by atoms with van der Waals surface area (Å²) in [7, 11) is 0. The van der Waals surface area contributed by atoms with Crippen molar-refractivity contribution in [2.45, 2.75) is 64.5 Å². The molecule has 1 atom stereocenters. The number of hydrogen-bond donors (Lipinski definition) is 2. The fourth-order valence-electron chi connectivity index (χ4n) is 2.79. The van der Waals surface area contributed by atoms with Crippen LogP contribution in [0.4, 0.5) is 10.7 Å². The average Bonchev–Trinajstić information content (AvgIpc) is 2.78. The van der Waals surface area contributed by atoms with E-state index in [0.29, 0.717) is 5.76 Å². The maximum absolute atomic E-state index is 11.8. The molecule has 2 rings (SSSR count). The summed E-state index contributed by atoms with van der Waals surface area (Å²) in [5.74, 6) is 0.166. The summed E-state index contributed by atoms with van der Waals surface area (Å²) in [6.45, 7) is 7.07. The highest BCUT2D eigenvalue weighted by Gasteiger charge is 2.25. The van der Waals surface area contributed by atoms with Gasteiger partial charge < -0.3 is 24.5 Å². The molecule has 0 aromatic carbocycles. The van der Waals surface area contributed by atoms with E-state index in [1.165, 1.54) is 12.8 Å². The molecule has 1 aromatic rings. The first-order valence-electron chi connectivity index (χ1n) is 8.80. The lowest BCUT2D eigenvalue weighted by molar-refractivity contribution is -0.139. The van der Waals surface area contributed by atoms with Gasteiger partial charge in [-0.2, -0.15) is 0 Å². The monoisotopic (exact) mass is 352 g/mol. The van der Waals surface area contributed by atoms with Crippen LogP contribution in [0.2, 0.25) is 0 Å². The molecule has 0 bridgehead atoms. The molecule has 1 saturated heterocycles. The summed E-state index contributed by atoms with van der Waals surface area (Å²) in [6, 6.07) is 2.54. The molecular weight excluding hydrogens is 324 g/mol. The Morgan fingerprint density at radius 3 is 2.44 bits per heavy atom. The minimum Gasteiger partial charge on any atom is -0.480 e. The van der Waals surface area contributed by atoms with Crippen LogP contribution in [0.5, 0.6) is 0 Å². The van der Waals surface area contributed by atoms with Crippen LogP contribution in [0.15, 0.2) is 16.5 Å². The van der Waals surface area contributed by atoms with E-state index in [1.54, 1.807) is 26.8 Å². The van der Waals surface area contributed by atoms with E-state index in [2.05, 4.69) is 10.2 Å². The molecule has 140 valence electrons. The Morgan fingerprint density at radius 1 is 1.24 bits per heavy atom. The molecule has 1 fully saturated rings. The van der Waals surface area contributed by atoms with Gasteiger partial charge in [0.25, 0.3) is 0 Å². The van der Waals surface area contributed by atoms with E-state index in [1.807, 2.05) is 6.07 Å². The van der Waals surface area contributed by atoms with Crippen molar-refractivity contribution in [3.05, 3.63) is 17.9 Å². The highest BCUT2D eigenvalue weighted by Crippen LogP contribution is 2.23. The second kappa shape index (κ2) is 8.27. The van der Waals surface area contributed by atoms with Gasteiger partial charge in [0.2, 0.25) is 0 Å². The largest absolute Gasteiger partial charge is 0.480 e. The van der Waals surface area contributed by atoms with Crippen LogP contribution >= 0.6 is 0 Å². The van der Waals surface area contributed by atoms with Crippen LogP contribution in [0, 0.1) is 0 Å². The van der Waals surface area contributed by atoms with Crippen molar-refractivity contribution in [2.24, 2.45) is 0 Å². The van der Waals surface area contributed by atoms with Crippen LogP contribution in [-0.2, 0) is 16.0 Å². The van der Waals surface area contributed by atoms with Gasteiger partial charge in [0, 0.05) is 25.6 Å². The standard InChI is InChI=1S/C18H28N2O5/c1-18(2,3)25-17(23)19-14(16(21)22)12-13-8-9-15(24-13)20-10-6-4-5-7-11-20/h8-9,14H,4-7,10-12H2,1-3H3,(H,19,23)(H,21,22). The summed E-state index contributed by atoms with van der Waals surface area (Å²) in [6.07, 6.45) is 4.04. The van der Waals surface area contributed by atoms with E-state index >= 15 is 0 Å². The Kier molecular flexibility index (Phi) is 6.33. The zero-order chi connectivity index (χ0) is 18.4. The Balaban J connectivity index is 1.97. The van der Waals surface area contributed by atoms with Crippen LogP contribution in [0.3, 0.4) is 0 Å². The maximum Gasteiger partial charge on any atom is 0.408 e. The molecule has 1 aliphatic rings. The van der Waals surface area contributed by atoms with E-state index in [4.69, 9.17) is 9.15 Å². The van der Waals surface area contributed by atoms with Crippen molar-refractivity contribution in [1.82, 2.24) is 5.32 Å². The van der Waals surface area contributed by atoms with Gasteiger partial charge in [0.15, 0.2) is 5.88 Å². The molecular formula is C18H28N2O5. The number of anilines is 1. The number of amides is 1. The third-order valence-electron chi connectivity index (χ3n) is 3.96. The number of furan rings is 1. The predicted molar refractivity (Wildman–Crippen MR) is 93.9 cm³/mol. The van der Waals surface area contributed by atoms with Gasteiger partial charge in [-0.3, -0.25) is 0 Å². The van der Waals surface area contributed by atoms with E-state index in [9.17, 15) is 14.7 Å². The van der Waals surface area contributed by atoms with E-state index < -0.39 is 23.7 Å². The molecule has 2 heterocycles. The molecule has 7 nitrogen and oxygen atoms in total. The topological polar surface area (TPSA) is 92.0 Å². The van der Waals surface area contributed by atoms with Gasteiger partial charge in [-0.15, -0.1) is 0 Å². The van der Waals surface area contributed by atoms with Crippen molar-refractivity contribution in [3.63, 3.8) is 0 Å². The second-order valence-electron chi connectivity index (χ2n) is 7.38. The quantitative estimate of drug-likeness (QED) is 0.845. The molecule has 1 amide bonds. The van der Waals surface area contributed by atoms with Crippen LogP contribution in [-0.4, -0.2) is 41.9 Å². The number of carboxylic acid groups (broad SMARTS) is 1. The molecule has 1 aliphatic heterocycles. The minimum absolute atomic E-state index is 0.0718. The number of carbonyl (C=O) groups is 2. The SMILES string of the molecule is CC(C)(C)OC(=O)NC(Cc1ccc(N2CCCCCC2)o1)C(=O)O. The Bertz CT molecular complexity index is 583. The molecule has 25 heavy (non-hydrogen) atoms. The fraction of sp³-hybridized carbons (Fsp3) is 0.667. The van der Waals surface area contributed by atoms with Gasteiger partial charge in [-0.05, 0) is 39.7 Å². The Hall–Kier alpha value is -2.18. The number of aliphatic carboxylic acids is 1. The number of ether oxygens (including phenoxy) is 1. The van der Waals surface area contributed by atoms with E-state index in [0.717, 1.165) is 31.8 Å². The molecule has 7 heteroatoms. The number of nitrogens with zero attached hydrogens (tertiary/aromatic N) is 1. The summed E-state index contributed by atoms with van der Waals surface area (Å²) < 4.78 is 10.9. The number of alkyl carbamates (subject to hydrolysis) is 1. The van der Waals surface area contributed by atoms with Crippen LogP contribution < -0.4 is 10.2 Å². The average molecular weight is 352 g/mol. The summed E-state index contributed by atoms with van der Waals surface area (Å²) in [5.41, 5.74) is -0.683. The first-order chi connectivity index (χ1) is 11.7. The van der Waals surface area contributed by atoms with Crippen molar-refractivity contribution < 1.29 is 23.8 Å². The number of rotatable bonds is 5. The van der Waals surface area contributed by atoms with Gasteiger partial charge in [-0.1, -0.05) is 12.8 Å². The second-order valence-corrected chi connectivity index (χ2v) is 7.38. The lowest BCUT2D eigenvalue weighted by atomic mass is 10.1. The fourth-order valence-corrected chi connectivity index (χ4v) is 2.79. The van der Waals surface area contributed by atoms with Gasteiger partial charge in [-0.25, -0.2) is 9.59 Å². The number of nitrogens with one attached hydrogen (secondary N) is 1. The normalized spacial score (nSPS) is 16.8. The molecule has 1 aromatic heterocycles. The highest BCUT2D eigenvalue weighted by atomic mass is 16.6. The predicted octanol–water partition coefficient (Wildman–Crippen LogP) is 3.18. The zero-order valence-electron chi connectivity index (χ0n) is 15.2. The first-order valence-corrected chi connectivity index (χ1v) is 8.80. The lowest BCUT2D eigenvalue weighted by Gasteiger charge is -2.22. The minimum atomic E-state index is -1.13. The molecule has 1 unspecified atom stereocenters. The smallest absolute Gasteiger partial charge is 0.408 e. The van der Waals surface area contributed by atoms with Crippen molar-refractivity contribution in [1.29, 1.82) is 0 Å². The molecule has 0 radical (unpaired) electrons. The third kappa shape index (κ3) is 6.32. The van der Waals surface area contributed by atoms with E-state index in [-0.39, 0.29) is 6.42 Å². The lowest BCUT2D eigenvalue weighted by Crippen LogP contribution is -2.44. The van der Waals surface area contributed by atoms with Crippen molar-refractivity contribution >= 4 is 17.9 Å². The number of carbonyl (C=O) groups excluding carboxylic acids is 1. The number of hydrogen-bond acceptors (Lipinski definition) is 5. The Morgan fingerprint density at radius 2 is 1.88 bits per heavy atom. The molecule has 0 aliphatic carbocycles. The van der Waals surface area contributed by atoms with Crippen molar-refractivity contribution in [3.8, 4) is 0 Å². The molecule has 0 spiro atoms. The molecule has 2 N–H and O–H groups in total. The van der Waals surface area contributed by atoms with Gasteiger partial charge >= 0.3 is 12.1 Å². The summed E-state index contributed by atoms with van der Waals surface area (Å²) in [4.78, 5) is 25.4.